The summed E-state index contributed by atoms with van der Waals surface area (Å²) in [5, 5.41) is 14.5. The van der Waals surface area contributed by atoms with Gasteiger partial charge < -0.3 is 15.0 Å². The summed E-state index contributed by atoms with van der Waals surface area (Å²) in [7, 11) is 1.33. The SMILES string of the molecule is COc1ccc(C(=O)Nc2ccc3nc(-c4ccccc4Cl)[nH]c3c2)cc1[N+](=O)[O-]. The molecular weight excluding hydrogens is 408 g/mol. The Balaban J connectivity index is 1.61. The van der Waals surface area contributed by atoms with Gasteiger partial charge in [0.15, 0.2) is 5.75 Å². The molecule has 0 aliphatic carbocycles. The molecule has 0 spiro atoms. The van der Waals surface area contributed by atoms with Gasteiger partial charge in [-0.05, 0) is 42.5 Å². The summed E-state index contributed by atoms with van der Waals surface area (Å²) < 4.78 is 4.96. The van der Waals surface area contributed by atoms with Crippen LogP contribution < -0.4 is 10.1 Å². The lowest BCUT2D eigenvalue weighted by Gasteiger charge is -2.07. The molecule has 3 aromatic carbocycles. The van der Waals surface area contributed by atoms with E-state index < -0.39 is 10.8 Å². The molecule has 0 aliphatic rings. The summed E-state index contributed by atoms with van der Waals surface area (Å²) in [5.74, 6) is 0.221. The molecule has 0 saturated heterocycles. The second kappa shape index (κ2) is 7.84. The highest BCUT2D eigenvalue weighted by atomic mass is 35.5. The minimum absolute atomic E-state index is 0.0857. The zero-order chi connectivity index (χ0) is 21.3. The maximum Gasteiger partial charge on any atom is 0.311 e. The summed E-state index contributed by atoms with van der Waals surface area (Å²) in [6.07, 6.45) is 0. The van der Waals surface area contributed by atoms with Gasteiger partial charge in [0.05, 0.1) is 28.1 Å². The number of benzene rings is 3. The van der Waals surface area contributed by atoms with E-state index >= 15 is 0 Å². The van der Waals surface area contributed by atoms with Crippen LogP contribution in [0.1, 0.15) is 10.4 Å². The number of aromatic amines is 1. The molecule has 30 heavy (non-hydrogen) atoms. The monoisotopic (exact) mass is 422 g/mol. The average Bonchev–Trinajstić information content (AvgIpc) is 3.16. The van der Waals surface area contributed by atoms with Crippen LogP contribution in [0.15, 0.2) is 60.7 Å². The van der Waals surface area contributed by atoms with Crippen molar-refractivity contribution in [2.75, 3.05) is 12.4 Å². The highest BCUT2D eigenvalue weighted by molar-refractivity contribution is 6.33. The molecule has 0 radical (unpaired) electrons. The molecule has 0 fully saturated rings. The van der Waals surface area contributed by atoms with E-state index in [1.165, 1.54) is 25.3 Å². The number of anilines is 1. The first-order valence-corrected chi connectivity index (χ1v) is 9.22. The molecule has 1 amide bonds. The predicted octanol–water partition coefficient (Wildman–Crippen LogP) is 5.05. The molecule has 1 aromatic heterocycles. The van der Waals surface area contributed by atoms with Gasteiger partial charge in [0.25, 0.3) is 5.91 Å². The summed E-state index contributed by atoms with van der Waals surface area (Å²) in [6.45, 7) is 0. The van der Waals surface area contributed by atoms with Crippen molar-refractivity contribution in [3.63, 3.8) is 0 Å². The zero-order valence-electron chi connectivity index (χ0n) is 15.7. The van der Waals surface area contributed by atoms with Crippen LogP contribution in [-0.4, -0.2) is 27.9 Å². The van der Waals surface area contributed by atoms with Gasteiger partial charge in [-0.1, -0.05) is 23.7 Å². The van der Waals surface area contributed by atoms with E-state index in [1.807, 2.05) is 18.2 Å². The predicted molar refractivity (Wildman–Crippen MR) is 114 cm³/mol. The molecular formula is C21H15ClN4O4. The van der Waals surface area contributed by atoms with Crippen LogP contribution in [-0.2, 0) is 0 Å². The fraction of sp³-hybridized carbons (Fsp3) is 0.0476. The van der Waals surface area contributed by atoms with E-state index in [-0.39, 0.29) is 17.0 Å². The molecule has 2 N–H and O–H groups in total. The van der Waals surface area contributed by atoms with Gasteiger partial charge in [-0.25, -0.2) is 4.98 Å². The fourth-order valence-corrected chi connectivity index (χ4v) is 3.27. The Morgan fingerprint density at radius 2 is 1.97 bits per heavy atom. The number of carbonyl (C=O) groups excluding carboxylic acids is 1. The number of nitro groups is 1. The van der Waals surface area contributed by atoms with Crippen molar-refractivity contribution < 1.29 is 14.5 Å². The largest absolute Gasteiger partial charge is 0.490 e. The molecule has 0 atom stereocenters. The molecule has 0 bridgehead atoms. The maximum absolute atomic E-state index is 12.6. The topological polar surface area (TPSA) is 110 Å². The smallest absolute Gasteiger partial charge is 0.311 e. The van der Waals surface area contributed by atoms with Crippen molar-refractivity contribution in [1.82, 2.24) is 9.97 Å². The molecule has 8 nitrogen and oxygen atoms in total. The first kappa shape index (κ1) is 19.4. The Kier molecular flexibility index (Phi) is 5.07. The molecule has 4 aromatic rings. The number of nitro benzene ring substituents is 1. The molecule has 0 unspecified atom stereocenters. The second-order valence-electron chi connectivity index (χ2n) is 6.40. The van der Waals surface area contributed by atoms with Crippen molar-refractivity contribution in [3.8, 4) is 17.1 Å². The van der Waals surface area contributed by atoms with Crippen LogP contribution in [0, 0.1) is 10.1 Å². The number of aromatic nitrogens is 2. The number of imidazole rings is 1. The Bertz CT molecular complexity index is 1290. The van der Waals surface area contributed by atoms with Crippen molar-refractivity contribution in [1.29, 1.82) is 0 Å². The van der Waals surface area contributed by atoms with Crippen LogP contribution in [0.4, 0.5) is 11.4 Å². The van der Waals surface area contributed by atoms with Gasteiger partial charge in [0.1, 0.15) is 5.82 Å². The highest BCUT2D eigenvalue weighted by Crippen LogP contribution is 2.29. The number of methoxy groups -OCH3 is 1. The van der Waals surface area contributed by atoms with Crippen molar-refractivity contribution in [3.05, 3.63) is 81.4 Å². The Labute approximate surface area is 175 Å². The van der Waals surface area contributed by atoms with Crippen molar-refractivity contribution in [2.45, 2.75) is 0 Å². The van der Waals surface area contributed by atoms with Gasteiger partial charge in [-0.15, -0.1) is 0 Å². The Hall–Kier alpha value is -3.91. The normalized spacial score (nSPS) is 10.7. The van der Waals surface area contributed by atoms with E-state index in [4.69, 9.17) is 16.3 Å². The van der Waals surface area contributed by atoms with Crippen LogP contribution in [0.25, 0.3) is 22.4 Å². The van der Waals surface area contributed by atoms with Crippen LogP contribution in [0.5, 0.6) is 5.75 Å². The van der Waals surface area contributed by atoms with E-state index in [0.717, 1.165) is 5.56 Å². The van der Waals surface area contributed by atoms with Gasteiger partial charge in [0, 0.05) is 22.9 Å². The third kappa shape index (κ3) is 3.68. The number of hydrogen-bond donors (Lipinski definition) is 2. The highest BCUT2D eigenvalue weighted by Gasteiger charge is 2.18. The Morgan fingerprint density at radius 3 is 2.70 bits per heavy atom. The number of nitrogens with zero attached hydrogens (tertiary/aromatic N) is 2. The number of nitrogens with one attached hydrogen (secondary N) is 2. The van der Waals surface area contributed by atoms with E-state index in [0.29, 0.717) is 27.6 Å². The number of amides is 1. The lowest BCUT2D eigenvalue weighted by Crippen LogP contribution is -2.12. The van der Waals surface area contributed by atoms with Gasteiger partial charge in [-0.3, -0.25) is 14.9 Å². The number of hydrogen-bond acceptors (Lipinski definition) is 5. The number of fused-ring (bicyclic) bond motifs is 1. The molecule has 150 valence electrons. The molecule has 0 saturated carbocycles. The molecule has 4 rings (SSSR count). The number of H-pyrrole nitrogens is 1. The van der Waals surface area contributed by atoms with Crippen LogP contribution in [0.3, 0.4) is 0 Å². The zero-order valence-corrected chi connectivity index (χ0v) is 16.4. The number of rotatable bonds is 5. The number of ether oxygens (including phenoxy) is 1. The minimum Gasteiger partial charge on any atom is -0.490 e. The number of halogens is 1. The standard InChI is InChI=1S/C21H15ClN4O4/c1-30-19-9-6-12(10-18(19)26(28)29)21(27)23-13-7-8-16-17(11-13)25-20(24-16)14-4-2-3-5-15(14)22/h2-11H,1H3,(H,23,27)(H,24,25). The first-order valence-electron chi connectivity index (χ1n) is 8.84. The van der Waals surface area contributed by atoms with Crippen LogP contribution in [0.2, 0.25) is 5.02 Å². The lowest BCUT2D eigenvalue weighted by molar-refractivity contribution is -0.385. The van der Waals surface area contributed by atoms with E-state index in [1.54, 1.807) is 24.3 Å². The van der Waals surface area contributed by atoms with Crippen molar-refractivity contribution >= 4 is 39.9 Å². The summed E-state index contributed by atoms with van der Waals surface area (Å²) in [4.78, 5) is 30.9. The van der Waals surface area contributed by atoms with Crippen LogP contribution >= 0.6 is 11.6 Å². The van der Waals surface area contributed by atoms with Gasteiger partial charge in [0.2, 0.25) is 0 Å². The third-order valence-electron chi connectivity index (χ3n) is 4.51. The lowest BCUT2D eigenvalue weighted by atomic mass is 10.1. The fourth-order valence-electron chi connectivity index (χ4n) is 3.05. The summed E-state index contributed by atoms with van der Waals surface area (Å²) >= 11 is 6.24. The van der Waals surface area contributed by atoms with Gasteiger partial charge >= 0.3 is 5.69 Å². The maximum atomic E-state index is 12.6. The summed E-state index contributed by atoms with van der Waals surface area (Å²) in [5.41, 5.74) is 2.57. The average molecular weight is 423 g/mol. The Morgan fingerprint density at radius 1 is 1.17 bits per heavy atom. The summed E-state index contributed by atoms with van der Waals surface area (Å²) in [6, 6.07) is 16.6. The number of carbonyl (C=O) groups is 1. The molecule has 9 heteroatoms. The molecule has 0 aliphatic heterocycles. The minimum atomic E-state index is -0.595. The van der Waals surface area contributed by atoms with Crippen molar-refractivity contribution in [2.24, 2.45) is 0 Å². The molecule has 1 heterocycles. The van der Waals surface area contributed by atoms with Gasteiger partial charge in [-0.2, -0.15) is 0 Å². The quantitative estimate of drug-likeness (QED) is 0.345. The third-order valence-corrected chi connectivity index (χ3v) is 4.84. The van der Waals surface area contributed by atoms with E-state index in [9.17, 15) is 14.9 Å². The second-order valence-corrected chi connectivity index (χ2v) is 6.80. The first-order chi connectivity index (χ1) is 14.5. The van der Waals surface area contributed by atoms with E-state index in [2.05, 4.69) is 15.3 Å².